The predicted octanol–water partition coefficient (Wildman–Crippen LogP) is 2.39. The van der Waals surface area contributed by atoms with Gasteiger partial charge < -0.3 is 14.6 Å². The van der Waals surface area contributed by atoms with Crippen LogP contribution in [0.15, 0.2) is 0 Å². The van der Waals surface area contributed by atoms with Crippen LogP contribution in [0.4, 0.5) is 13.2 Å². The third-order valence-electron chi connectivity index (χ3n) is 2.07. The molecule has 0 radical (unpaired) electrons. The highest BCUT2D eigenvalue weighted by atomic mass is 19.2. The molecule has 0 aliphatic rings. The molecule has 3 nitrogen and oxygen atoms in total. The van der Waals surface area contributed by atoms with Crippen molar-refractivity contribution in [1.29, 1.82) is 0 Å². The van der Waals surface area contributed by atoms with E-state index in [2.05, 4.69) is 4.74 Å². The van der Waals surface area contributed by atoms with Gasteiger partial charge >= 0.3 is 0 Å². The number of hydrogen-bond acceptors (Lipinski definition) is 3. The van der Waals surface area contributed by atoms with Gasteiger partial charge in [0.25, 0.3) is 0 Å². The summed E-state index contributed by atoms with van der Waals surface area (Å²) in [5.74, 6) is -5.31. The zero-order valence-corrected chi connectivity index (χ0v) is 9.52. The predicted molar refractivity (Wildman–Crippen MR) is 54.6 cm³/mol. The Morgan fingerprint density at radius 1 is 0.882 bits per heavy atom. The molecule has 0 saturated carbocycles. The summed E-state index contributed by atoms with van der Waals surface area (Å²) in [6.07, 6.45) is 0. The first kappa shape index (κ1) is 13.6. The maximum absolute atomic E-state index is 13.8. The van der Waals surface area contributed by atoms with Gasteiger partial charge in [-0.3, -0.25) is 0 Å². The van der Waals surface area contributed by atoms with Gasteiger partial charge in [0.1, 0.15) is 0 Å². The number of halogens is 3. The van der Waals surface area contributed by atoms with Crippen LogP contribution in [0.5, 0.6) is 11.5 Å². The van der Waals surface area contributed by atoms with Gasteiger partial charge in [0.15, 0.2) is 17.3 Å². The van der Waals surface area contributed by atoms with Crippen LogP contribution in [0, 0.1) is 17.5 Å². The average molecular weight is 250 g/mol. The minimum absolute atomic E-state index is 0.0166. The molecule has 0 aromatic heterocycles. The third kappa shape index (κ3) is 2.46. The summed E-state index contributed by atoms with van der Waals surface area (Å²) in [5.41, 5.74) is -0.551. The number of benzene rings is 1. The number of ether oxygens (including phenoxy) is 2. The summed E-state index contributed by atoms with van der Waals surface area (Å²) in [4.78, 5) is 0. The van der Waals surface area contributed by atoms with Crippen LogP contribution in [-0.4, -0.2) is 18.3 Å². The van der Waals surface area contributed by atoms with Crippen molar-refractivity contribution in [3.05, 3.63) is 23.0 Å². The highest BCUT2D eigenvalue weighted by molar-refractivity contribution is 5.44. The molecule has 0 bridgehead atoms. The Morgan fingerprint density at radius 3 is 1.88 bits per heavy atom. The van der Waals surface area contributed by atoms with E-state index < -0.39 is 41.1 Å². The number of rotatable bonds is 5. The van der Waals surface area contributed by atoms with Gasteiger partial charge in [-0.2, -0.15) is 8.78 Å². The fraction of sp³-hybridized carbons (Fsp3) is 0.455. The highest BCUT2D eigenvalue weighted by Crippen LogP contribution is 2.36. The van der Waals surface area contributed by atoms with Gasteiger partial charge in [-0.1, -0.05) is 0 Å². The first-order chi connectivity index (χ1) is 8.08. The van der Waals surface area contributed by atoms with E-state index in [4.69, 9.17) is 9.84 Å². The van der Waals surface area contributed by atoms with E-state index in [1.807, 2.05) is 0 Å². The Morgan fingerprint density at radius 2 is 1.41 bits per heavy atom. The molecule has 0 aliphatic heterocycles. The highest BCUT2D eigenvalue weighted by Gasteiger charge is 2.26. The smallest absolute Gasteiger partial charge is 0.210 e. The first-order valence-electron chi connectivity index (χ1n) is 5.14. The van der Waals surface area contributed by atoms with Crippen LogP contribution < -0.4 is 9.47 Å². The van der Waals surface area contributed by atoms with E-state index >= 15 is 0 Å². The monoisotopic (exact) mass is 250 g/mol. The topological polar surface area (TPSA) is 38.7 Å². The number of hydrogen-bond donors (Lipinski definition) is 1. The summed E-state index contributed by atoms with van der Waals surface area (Å²) in [6.45, 7) is 2.25. The SMILES string of the molecule is CCOc1c(F)c(F)c(CO)c(OCC)c1F. The van der Waals surface area contributed by atoms with Gasteiger partial charge in [-0.15, -0.1) is 0 Å². The largest absolute Gasteiger partial charge is 0.490 e. The summed E-state index contributed by atoms with van der Waals surface area (Å²) in [5, 5.41) is 8.90. The second-order valence-corrected chi connectivity index (χ2v) is 3.10. The number of aliphatic hydroxyl groups is 1. The van der Waals surface area contributed by atoms with Crippen molar-refractivity contribution in [2.24, 2.45) is 0 Å². The maximum atomic E-state index is 13.8. The van der Waals surface area contributed by atoms with Crippen LogP contribution in [-0.2, 0) is 6.61 Å². The fourth-order valence-corrected chi connectivity index (χ4v) is 1.37. The van der Waals surface area contributed by atoms with Crippen molar-refractivity contribution >= 4 is 0 Å². The molecule has 0 unspecified atom stereocenters. The summed E-state index contributed by atoms with van der Waals surface area (Å²) < 4.78 is 50.2. The lowest BCUT2D eigenvalue weighted by Crippen LogP contribution is -2.09. The Balaban J connectivity index is 3.45. The minimum atomic E-state index is -1.46. The Labute approximate surface area is 96.8 Å². The van der Waals surface area contributed by atoms with Crippen molar-refractivity contribution in [3.63, 3.8) is 0 Å². The third-order valence-corrected chi connectivity index (χ3v) is 2.07. The second-order valence-electron chi connectivity index (χ2n) is 3.10. The van der Waals surface area contributed by atoms with E-state index in [0.29, 0.717) is 0 Å². The van der Waals surface area contributed by atoms with Crippen LogP contribution >= 0.6 is 0 Å². The lowest BCUT2D eigenvalue weighted by atomic mass is 10.1. The van der Waals surface area contributed by atoms with Crippen LogP contribution in [0.3, 0.4) is 0 Å². The molecule has 96 valence electrons. The molecular formula is C11H13F3O3. The van der Waals surface area contributed by atoms with Crippen LogP contribution in [0.1, 0.15) is 19.4 Å². The summed E-state index contributed by atoms with van der Waals surface area (Å²) in [7, 11) is 0. The van der Waals surface area contributed by atoms with Gasteiger partial charge in [0.05, 0.1) is 25.4 Å². The second kappa shape index (κ2) is 5.77. The molecule has 0 heterocycles. The van der Waals surface area contributed by atoms with Crippen molar-refractivity contribution < 1.29 is 27.8 Å². The molecule has 0 saturated heterocycles. The summed E-state index contributed by atoms with van der Waals surface area (Å²) in [6, 6.07) is 0. The lowest BCUT2D eigenvalue weighted by molar-refractivity contribution is 0.238. The normalized spacial score (nSPS) is 10.5. The molecule has 1 aromatic rings. The van der Waals surface area contributed by atoms with Crippen molar-refractivity contribution in [2.75, 3.05) is 13.2 Å². The van der Waals surface area contributed by atoms with E-state index in [9.17, 15) is 13.2 Å². The maximum Gasteiger partial charge on any atom is 0.210 e. The van der Waals surface area contributed by atoms with E-state index in [1.54, 1.807) is 6.92 Å². The van der Waals surface area contributed by atoms with Crippen molar-refractivity contribution in [3.8, 4) is 11.5 Å². The molecule has 1 aromatic carbocycles. The van der Waals surface area contributed by atoms with Crippen LogP contribution in [0.25, 0.3) is 0 Å². The zero-order chi connectivity index (χ0) is 13.0. The molecule has 6 heteroatoms. The van der Waals surface area contributed by atoms with Gasteiger partial charge in [0.2, 0.25) is 11.6 Å². The zero-order valence-electron chi connectivity index (χ0n) is 9.52. The molecule has 1 N–H and O–H groups in total. The van der Waals surface area contributed by atoms with Crippen LogP contribution in [0.2, 0.25) is 0 Å². The van der Waals surface area contributed by atoms with Gasteiger partial charge in [-0.25, -0.2) is 4.39 Å². The quantitative estimate of drug-likeness (QED) is 0.815. The van der Waals surface area contributed by atoms with Crippen molar-refractivity contribution in [2.45, 2.75) is 20.5 Å². The Kier molecular flexibility index (Phi) is 4.62. The molecule has 17 heavy (non-hydrogen) atoms. The lowest BCUT2D eigenvalue weighted by Gasteiger charge is -2.15. The number of aliphatic hydroxyl groups excluding tert-OH is 1. The molecule has 0 spiro atoms. The molecule has 0 atom stereocenters. The van der Waals surface area contributed by atoms with E-state index in [-0.39, 0.29) is 13.2 Å². The molecule has 0 fully saturated rings. The summed E-state index contributed by atoms with van der Waals surface area (Å²) >= 11 is 0. The first-order valence-corrected chi connectivity index (χ1v) is 5.14. The van der Waals surface area contributed by atoms with E-state index in [0.717, 1.165) is 0 Å². The Bertz CT molecular complexity index is 408. The van der Waals surface area contributed by atoms with Crippen molar-refractivity contribution in [1.82, 2.24) is 0 Å². The minimum Gasteiger partial charge on any atom is -0.490 e. The average Bonchev–Trinajstić information content (AvgIpc) is 2.32. The van der Waals surface area contributed by atoms with Gasteiger partial charge in [0, 0.05) is 0 Å². The molecule has 1 rings (SSSR count). The Hall–Kier alpha value is -1.43. The molecular weight excluding hydrogens is 237 g/mol. The molecule has 0 aliphatic carbocycles. The van der Waals surface area contributed by atoms with E-state index in [1.165, 1.54) is 6.92 Å². The van der Waals surface area contributed by atoms with Gasteiger partial charge in [-0.05, 0) is 13.8 Å². The standard InChI is InChI=1S/C11H13F3O3/c1-3-16-10-6(5-15)7(12)8(13)11(9(10)14)17-4-2/h15H,3-5H2,1-2H3. The fourth-order valence-electron chi connectivity index (χ4n) is 1.37. The molecule has 0 amide bonds.